The van der Waals surface area contributed by atoms with E-state index >= 15 is 0 Å². The van der Waals surface area contributed by atoms with E-state index in [-0.39, 0.29) is 13.0 Å². The number of hydrogen-bond acceptors (Lipinski definition) is 4. The van der Waals surface area contributed by atoms with E-state index in [1.807, 2.05) is 60.7 Å². The number of aliphatic hydroxyl groups is 2. The fourth-order valence-corrected chi connectivity index (χ4v) is 2.04. The standard InChI is InChI=1S/C17H21NO3/c18-16(13-21-12-15-9-5-2-6-10-15)17(19,20)11-14-7-3-1-4-8-14/h1-10,16,19-20H,11-13,18H2/t16-/m1/s1. The highest BCUT2D eigenvalue weighted by atomic mass is 16.5. The molecule has 0 aliphatic rings. The molecule has 0 aromatic heterocycles. The summed E-state index contributed by atoms with van der Waals surface area (Å²) in [5, 5.41) is 20.2. The SMILES string of the molecule is N[C@H](COCc1ccccc1)C(O)(O)Cc1ccccc1. The van der Waals surface area contributed by atoms with E-state index in [1.165, 1.54) is 0 Å². The fourth-order valence-electron chi connectivity index (χ4n) is 2.04. The van der Waals surface area contributed by atoms with Crippen LogP contribution >= 0.6 is 0 Å². The van der Waals surface area contributed by atoms with Crippen molar-refractivity contribution in [2.75, 3.05) is 6.61 Å². The van der Waals surface area contributed by atoms with Gasteiger partial charge in [-0.05, 0) is 11.1 Å². The van der Waals surface area contributed by atoms with Gasteiger partial charge in [-0.1, -0.05) is 60.7 Å². The van der Waals surface area contributed by atoms with Crippen LogP contribution in [0.15, 0.2) is 60.7 Å². The van der Waals surface area contributed by atoms with E-state index in [1.54, 1.807) is 0 Å². The molecule has 0 spiro atoms. The third-order valence-electron chi connectivity index (χ3n) is 3.31. The van der Waals surface area contributed by atoms with Crippen LogP contribution in [-0.4, -0.2) is 28.6 Å². The first-order valence-corrected chi connectivity index (χ1v) is 6.94. The van der Waals surface area contributed by atoms with Gasteiger partial charge in [0, 0.05) is 6.42 Å². The summed E-state index contributed by atoms with van der Waals surface area (Å²) in [5.74, 6) is -1.99. The highest BCUT2D eigenvalue weighted by Gasteiger charge is 2.32. The molecule has 0 saturated heterocycles. The summed E-state index contributed by atoms with van der Waals surface area (Å²) in [6.07, 6.45) is 0.0731. The monoisotopic (exact) mass is 287 g/mol. The number of nitrogens with two attached hydrogens (primary N) is 1. The molecule has 1 atom stereocenters. The van der Waals surface area contributed by atoms with Crippen molar-refractivity contribution in [1.82, 2.24) is 0 Å². The lowest BCUT2D eigenvalue weighted by Gasteiger charge is -2.28. The Balaban J connectivity index is 1.82. The molecular weight excluding hydrogens is 266 g/mol. The summed E-state index contributed by atoms with van der Waals surface area (Å²) in [4.78, 5) is 0. The molecule has 4 nitrogen and oxygen atoms in total. The Morgan fingerprint density at radius 2 is 1.43 bits per heavy atom. The van der Waals surface area contributed by atoms with Crippen LogP contribution in [0.5, 0.6) is 0 Å². The first kappa shape index (κ1) is 15.7. The third kappa shape index (κ3) is 4.95. The molecule has 0 saturated carbocycles. The van der Waals surface area contributed by atoms with Crippen molar-refractivity contribution in [3.8, 4) is 0 Å². The van der Waals surface area contributed by atoms with Crippen LogP contribution in [0.2, 0.25) is 0 Å². The third-order valence-corrected chi connectivity index (χ3v) is 3.31. The lowest BCUT2D eigenvalue weighted by molar-refractivity contribution is -0.185. The molecule has 0 aliphatic carbocycles. The Hall–Kier alpha value is -1.72. The molecule has 0 heterocycles. The van der Waals surface area contributed by atoms with Gasteiger partial charge in [-0.15, -0.1) is 0 Å². The van der Waals surface area contributed by atoms with Gasteiger partial charge in [-0.3, -0.25) is 0 Å². The lowest BCUT2D eigenvalue weighted by Crippen LogP contribution is -2.52. The van der Waals surface area contributed by atoms with Gasteiger partial charge in [-0.2, -0.15) is 0 Å². The summed E-state index contributed by atoms with van der Waals surface area (Å²) < 4.78 is 5.46. The van der Waals surface area contributed by atoms with E-state index in [2.05, 4.69) is 0 Å². The molecule has 2 aromatic rings. The maximum absolute atomic E-state index is 10.1. The molecule has 0 aliphatic heterocycles. The maximum atomic E-state index is 10.1. The summed E-state index contributed by atoms with van der Waals surface area (Å²) in [7, 11) is 0. The van der Waals surface area contributed by atoms with E-state index in [9.17, 15) is 10.2 Å². The first-order chi connectivity index (χ1) is 10.1. The largest absolute Gasteiger partial charge is 0.375 e. The van der Waals surface area contributed by atoms with Crippen molar-refractivity contribution in [2.45, 2.75) is 24.9 Å². The Morgan fingerprint density at radius 3 is 2.00 bits per heavy atom. The van der Waals surface area contributed by atoms with Gasteiger partial charge in [0.15, 0.2) is 5.79 Å². The minimum absolute atomic E-state index is 0.0731. The van der Waals surface area contributed by atoms with Crippen LogP contribution in [-0.2, 0) is 17.8 Å². The molecule has 0 fully saturated rings. The van der Waals surface area contributed by atoms with Crippen LogP contribution < -0.4 is 5.73 Å². The van der Waals surface area contributed by atoms with Crippen molar-refractivity contribution in [3.05, 3.63) is 71.8 Å². The van der Waals surface area contributed by atoms with Gasteiger partial charge in [0.2, 0.25) is 0 Å². The van der Waals surface area contributed by atoms with Crippen molar-refractivity contribution in [1.29, 1.82) is 0 Å². The Bertz CT molecular complexity index is 528. The summed E-state index contributed by atoms with van der Waals surface area (Å²) in [6.45, 7) is 0.477. The zero-order valence-corrected chi connectivity index (χ0v) is 11.9. The van der Waals surface area contributed by atoms with Crippen molar-refractivity contribution < 1.29 is 14.9 Å². The second-order valence-electron chi connectivity index (χ2n) is 5.15. The summed E-state index contributed by atoms with van der Waals surface area (Å²) >= 11 is 0. The van der Waals surface area contributed by atoms with Gasteiger partial charge in [0.1, 0.15) is 0 Å². The van der Waals surface area contributed by atoms with Crippen LogP contribution in [0, 0.1) is 0 Å². The zero-order valence-electron chi connectivity index (χ0n) is 11.9. The minimum Gasteiger partial charge on any atom is -0.375 e. The van der Waals surface area contributed by atoms with Gasteiger partial charge in [-0.25, -0.2) is 0 Å². The minimum atomic E-state index is -1.99. The second-order valence-corrected chi connectivity index (χ2v) is 5.15. The Morgan fingerprint density at radius 1 is 0.905 bits per heavy atom. The van der Waals surface area contributed by atoms with Crippen LogP contribution in [0.3, 0.4) is 0 Å². The molecule has 4 heteroatoms. The highest BCUT2D eigenvalue weighted by molar-refractivity contribution is 5.17. The average Bonchev–Trinajstić information content (AvgIpc) is 2.49. The number of hydrogen-bond donors (Lipinski definition) is 3. The van der Waals surface area contributed by atoms with Crippen molar-refractivity contribution >= 4 is 0 Å². The Labute approximate surface area is 124 Å². The van der Waals surface area contributed by atoms with E-state index in [0.717, 1.165) is 11.1 Å². The fraction of sp³-hybridized carbons (Fsp3) is 0.294. The van der Waals surface area contributed by atoms with Crippen LogP contribution in [0.25, 0.3) is 0 Å². The quantitative estimate of drug-likeness (QED) is 0.674. The molecular formula is C17H21NO3. The topological polar surface area (TPSA) is 75.7 Å². The molecule has 0 radical (unpaired) electrons. The first-order valence-electron chi connectivity index (χ1n) is 6.94. The number of benzene rings is 2. The maximum Gasteiger partial charge on any atom is 0.184 e. The van der Waals surface area contributed by atoms with Crippen LogP contribution in [0.4, 0.5) is 0 Å². The van der Waals surface area contributed by atoms with Gasteiger partial charge < -0.3 is 20.7 Å². The van der Waals surface area contributed by atoms with E-state index < -0.39 is 11.8 Å². The number of rotatable bonds is 7. The second kappa shape index (κ2) is 7.33. The molecule has 4 N–H and O–H groups in total. The van der Waals surface area contributed by atoms with E-state index in [0.29, 0.717) is 6.61 Å². The molecule has 112 valence electrons. The molecule has 0 amide bonds. The smallest absolute Gasteiger partial charge is 0.184 e. The molecule has 21 heavy (non-hydrogen) atoms. The van der Waals surface area contributed by atoms with Gasteiger partial charge in [0.25, 0.3) is 0 Å². The lowest BCUT2D eigenvalue weighted by atomic mass is 9.99. The summed E-state index contributed by atoms with van der Waals surface area (Å²) in [5.41, 5.74) is 7.68. The van der Waals surface area contributed by atoms with Crippen molar-refractivity contribution in [3.63, 3.8) is 0 Å². The van der Waals surface area contributed by atoms with Crippen molar-refractivity contribution in [2.24, 2.45) is 5.73 Å². The highest BCUT2D eigenvalue weighted by Crippen LogP contribution is 2.14. The normalized spacial score (nSPS) is 13.1. The van der Waals surface area contributed by atoms with Gasteiger partial charge >= 0.3 is 0 Å². The Kier molecular flexibility index (Phi) is 5.47. The number of ether oxygens (including phenoxy) is 1. The molecule has 2 aromatic carbocycles. The molecule has 0 unspecified atom stereocenters. The predicted octanol–water partition coefficient (Wildman–Crippen LogP) is 1.45. The zero-order chi connectivity index (χ0) is 15.1. The van der Waals surface area contributed by atoms with E-state index in [4.69, 9.17) is 10.5 Å². The predicted molar refractivity (Wildman–Crippen MR) is 81.4 cm³/mol. The van der Waals surface area contributed by atoms with Gasteiger partial charge in [0.05, 0.1) is 19.3 Å². The summed E-state index contributed by atoms with van der Waals surface area (Å²) in [6, 6.07) is 18.0. The van der Waals surface area contributed by atoms with Crippen LogP contribution in [0.1, 0.15) is 11.1 Å². The molecule has 0 bridgehead atoms. The molecule has 2 rings (SSSR count). The average molecular weight is 287 g/mol.